The highest BCUT2D eigenvalue weighted by molar-refractivity contribution is 7.14. The number of benzene rings is 1. The number of nitrogens with one attached hydrogen (secondary N) is 1. The molecule has 2 heterocycles. The highest BCUT2D eigenvalue weighted by Crippen LogP contribution is 2.37. The van der Waals surface area contributed by atoms with Crippen LogP contribution < -0.4 is 5.48 Å². The fourth-order valence-corrected chi connectivity index (χ4v) is 5.53. The Kier molecular flexibility index (Phi) is 5.25. The molecule has 1 aromatic carbocycles. The van der Waals surface area contributed by atoms with Crippen LogP contribution in [0.5, 0.6) is 0 Å². The first-order chi connectivity index (χ1) is 13.5. The zero-order valence-electron chi connectivity index (χ0n) is 16.6. The Morgan fingerprint density at radius 2 is 2.11 bits per heavy atom. The molecule has 1 aliphatic carbocycles. The Labute approximate surface area is 169 Å². The van der Waals surface area contributed by atoms with Crippen molar-refractivity contribution in [2.45, 2.75) is 65.5 Å². The van der Waals surface area contributed by atoms with E-state index in [0.29, 0.717) is 12.3 Å². The van der Waals surface area contributed by atoms with Crippen molar-refractivity contribution in [2.24, 2.45) is 4.99 Å². The lowest BCUT2D eigenvalue weighted by atomic mass is 9.93. The number of thiophene rings is 1. The monoisotopic (exact) mass is 398 g/mol. The van der Waals surface area contributed by atoms with Gasteiger partial charge < -0.3 is 9.94 Å². The van der Waals surface area contributed by atoms with Crippen molar-refractivity contribution < 1.29 is 14.7 Å². The van der Waals surface area contributed by atoms with Gasteiger partial charge in [0.25, 0.3) is 5.90 Å². The highest BCUT2D eigenvalue weighted by Gasteiger charge is 2.29. The van der Waals surface area contributed by atoms with Gasteiger partial charge in [-0.15, -0.1) is 16.8 Å². The average molecular weight is 399 g/mol. The van der Waals surface area contributed by atoms with E-state index in [9.17, 15) is 4.79 Å². The molecule has 0 amide bonds. The van der Waals surface area contributed by atoms with E-state index in [4.69, 9.17) is 14.9 Å². The number of fused-ring (bicyclic) bond motifs is 1. The molecule has 1 atom stereocenters. The number of carboxylic acid groups (broad SMARTS) is 1. The van der Waals surface area contributed by atoms with Crippen molar-refractivity contribution in [1.29, 1.82) is 0 Å². The Morgan fingerprint density at radius 1 is 1.32 bits per heavy atom. The maximum absolute atomic E-state index is 11.0. The van der Waals surface area contributed by atoms with Crippen molar-refractivity contribution in [3.63, 3.8) is 0 Å². The maximum Gasteiger partial charge on any atom is 0.303 e. The van der Waals surface area contributed by atoms with E-state index >= 15 is 0 Å². The Balaban J connectivity index is 1.62. The molecule has 2 N–H and O–H groups in total. The van der Waals surface area contributed by atoms with Crippen molar-refractivity contribution in [3.05, 3.63) is 55.3 Å². The van der Waals surface area contributed by atoms with Gasteiger partial charge in [-0.3, -0.25) is 4.79 Å². The normalized spacial score (nSPS) is 18.1. The molecule has 6 heteroatoms. The lowest BCUT2D eigenvalue weighted by Crippen LogP contribution is -2.15. The maximum atomic E-state index is 11.0. The van der Waals surface area contributed by atoms with Crippen LogP contribution in [0.25, 0.3) is 0 Å². The molecule has 1 aromatic heterocycles. The van der Waals surface area contributed by atoms with Crippen molar-refractivity contribution in [2.75, 3.05) is 0 Å². The predicted molar refractivity (Wildman–Crippen MR) is 111 cm³/mol. The number of hydroxylamine groups is 1. The molecule has 1 unspecified atom stereocenters. The molecule has 0 spiro atoms. The standard InChI is InChI=1S/C22H26N2O3S/c1-4-14-11-15(10-12(2)16(14)8-9-19(25)26)21-23-22(27-24-21)20-18-7-5-6-17(18)13(3)28-20/h10-11,21,24H,4-9H2,1-3H3,(H,25,26). The Bertz CT molecular complexity index is 961. The van der Waals surface area contributed by atoms with Crippen LogP contribution in [0.15, 0.2) is 17.1 Å². The molecule has 5 nitrogen and oxygen atoms in total. The topological polar surface area (TPSA) is 70.9 Å². The lowest BCUT2D eigenvalue weighted by molar-refractivity contribution is -0.136. The van der Waals surface area contributed by atoms with Crippen LogP contribution in [0, 0.1) is 13.8 Å². The molecule has 0 fully saturated rings. The number of nitrogens with zero attached hydrogens (tertiary/aromatic N) is 1. The largest absolute Gasteiger partial charge is 0.481 e. The van der Waals surface area contributed by atoms with Crippen LogP contribution in [-0.4, -0.2) is 17.0 Å². The summed E-state index contributed by atoms with van der Waals surface area (Å²) in [5, 5.41) is 9.02. The van der Waals surface area contributed by atoms with E-state index in [1.807, 2.05) is 0 Å². The van der Waals surface area contributed by atoms with Gasteiger partial charge in [-0.05, 0) is 79.3 Å². The van der Waals surface area contributed by atoms with Crippen molar-refractivity contribution in [1.82, 2.24) is 5.48 Å². The molecule has 0 saturated heterocycles. The lowest BCUT2D eigenvalue weighted by Gasteiger charge is -2.15. The molecule has 0 radical (unpaired) electrons. The number of carbonyl (C=O) groups is 1. The van der Waals surface area contributed by atoms with Gasteiger partial charge >= 0.3 is 5.97 Å². The van der Waals surface area contributed by atoms with Gasteiger partial charge in [0.15, 0.2) is 6.17 Å². The van der Waals surface area contributed by atoms with Gasteiger partial charge in [-0.1, -0.05) is 19.1 Å². The van der Waals surface area contributed by atoms with E-state index in [1.54, 1.807) is 11.3 Å². The number of aliphatic imine (C=N–C) groups is 1. The summed E-state index contributed by atoms with van der Waals surface area (Å²) in [5.74, 6) is -0.0590. The fraction of sp³-hybridized carbons (Fsp3) is 0.455. The van der Waals surface area contributed by atoms with Gasteiger partial charge in [-0.25, -0.2) is 4.99 Å². The van der Waals surface area contributed by atoms with Crippen LogP contribution >= 0.6 is 11.3 Å². The first-order valence-electron chi connectivity index (χ1n) is 9.93. The van der Waals surface area contributed by atoms with E-state index in [1.165, 1.54) is 39.3 Å². The minimum absolute atomic E-state index is 0.156. The van der Waals surface area contributed by atoms with Crippen molar-refractivity contribution in [3.8, 4) is 0 Å². The van der Waals surface area contributed by atoms with Crippen LogP contribution in [0.3, 0.4) is 0 Å². The quantitative estimate of drug-likeness (QED) is 0.756. The molecule has 148 valence electrons. The van der Waals surface area contributed by atoms with Crippen LogP contribution in [-0.2, 0) is 35.3 Å². The van der Waals surface area contributed by atoms with E-state index in [0.717, 1.165) is 29.5 Å². The van der Waals surface area contributed by atoms with E-state index in [2.05, 4.69) is 38.4 Å². The first-order valence-corrected chi connectivity index (χ1v) is 10.7. The minimum atomic E-state index is -0.760. The second-order valence-corrected chi connectivity index (χ2v) is 8.80. The van der Waals surface area contributed by atoms with Gasteiger partial charge in [-0.2, -0.15) is 0 Å². The Hall–Kier alpha value is -2.18. The molecule has 4 rings (SSSR count). The summed E-state index contributed by atoms with van der Waals surface area (Å²) in [5.41, 5.74) is 10.5. The summed E-state index contributed by atoms with van der Waals surface area (Å²) in [6.45, 7) is 6.34. The number of carboxylic acids is 1. The zero-order valence-corrected chi connectivity index (χ0v) is 17.4. The average Bonchev–Trinajstić information content (AvgIpc) is 3.38. The number of aliphatic carboxylic acids is 1. The SMILES string of the molecule is CCc1cc(C2N=C(c3sc(C)c4c3CCC4)ON2)cc(C)c1CCC(=O)O. The second-order valence-electron chi connectivity index (χ2n) is 7.58. The number of hydrogen-bond acceptors (Lipinski definition) is 5. The van der Waals surface area contributed by atoms with Gasteiger partial charge in [0.05, 0.1) is 4.88 Å². The third-order valence-electron chi connectivity index (χ3n) is 5.75. The van der Waals surface area contributed by atoms with Crippen LogP contribution in [0.2, 0.25) is 0 Å². The molecule has 2 aliphatic rings. The third-order valence-corrected chi connectivity index (χ3v) is 6.93. The molecular formula is C22H26N2O3S. The third kappa shape index (κ3) is 3.47. The number of rotatable bonds is 6. The summed E-state index contributed by atoms with van der Waals surface area (Å²) in [6, 6.07) is 4.25. The molecule has 28 heavy (non-hydrogen) atoms. The Morgan fingerprint density at radius 3 is 2.86 bits per heavy atom. The van der Waals surface area contributed by atoms with Gasteiger partial charge in [0.2, 0.25) is 0 Å². The second kappa shape index (κ2) is 7.68. The summed E-state index contributed by atoms with van der Waals surface area (Å²) in [4.78, 5) is 24.2. The number of aryl methyl sites for hydroxylation is 3. The molecule has 0 saturated carbocycles. The highest BCUT2D eigenvalue weighted by atomic mass is 32.1. The van der Waals surface area contributed by atoms with Gasteiger partial charge in [0, 0.05) is 11.3 Å². The smallest absolute Gasteiger partial charge is 0.303 e. The van der Waals surface area contributed by atoms with Crippen LogP contribution in [0.1, 0.15) is 69.1 Å². The summed E-state index contributed by atoms with van der Waals surface area (Å²) in [6.07, 6.45) is 4.85. The number of hydrogen-bond donors (Lipinski definition) is 2. The van der Waals surface area contributed by atoms with Gasteiger partial charge in [0.1, 0.15) is 0 Å². The fourth-order valence-electron chi connectivity index (χ4n) is 4.34. The van der Waals surface area contributed by atoms with E-state index < -0.39 is 5.97 Å². The minimum Gasteiger partial charge on any atom is -0.481 e. The summed E-state index contributed by atoms with van der Waals surface area (Å²) < 4.78 is 0. The summed E-state index contributed by atoms with van der Waals surface area (Å²) in [7, 11) is 0. The molecular weight excluding hydrogens is 372 g/mol. The van der Waals surface area contributed by atoms with E-state index in [-0.39, 0.29) is 12.6 Å². The molecule has 1 aliphatic heterocycles. The van der Waals surface area contributed by atoms with Crippen molar-refractivity contribution >= 4 is 23.2 Å². The first kappa shape index (κ1) is 19.2. The zero-order chi connectivity index (χ0) is 19.8. The van der Waals surface area contributed by atoms with Crippen LogP contribution in [0.4, 0.5) is 0 Å². The predicted octanol–water partition coefficient (Wildman–Crippen LogP) is 4.41. The molecule has 0 bridgehead atoms. The molecule has 2 aromatic rings. The summed E-state index contributed by atoms with van der Waals surface area (Å²) >= 11 is 1.78.